The fraction of sp³-hybridized carbons (Fsp3) is 0.106. The van der Waals surface area contributed by atoms with E-state index in [9.17, 15) is 56.9 Å². The molecule has 1 unspecified atom stereocenters. The summed E-state index contributed by atoms with van der Waals surface area (Å²) in [5, 5.41) is 20.5. The molecule has 17 heteroatoms. The van der Waals surface area contributed by atoms with Gasteiger partial charge in [0.25, 0.3) is 0 Å². The first-order chi connectivity index (χ1) is 30.0. The third-order valence-electron chi connectivity index (χ3n) is 9.97. The minimum absolute atomic E-state index is 0.0114. The summed E-state index contributed by atoms with van der Waals surface area (Å²) in [4.78, 5) is 0.593. The minimum atomic E-state index is -4.77. The van der Waals surface area contributed by atoms with Crippen molar-refractivity contribution in [3.63, 3.8) is 0 Å². The Morgan fingerprint density at radius 2 is 0.766 bits per heavy atom. The molecule has 0 aliphatic rings. The maximum Gasteiger partial charge on any atom is 0.416 e. The minimum Gasteiger partial charge on any atom is -0.195 e. The summed E-state index contributed by atoms with van der Waals surface area (Å²) in [6.07, 6.45) is -20.6. The average molecular weight is 909 g/mol. The van der Waals surface area contributed by atoms with Gasteiger partial charge in [-0.05, 0) is 36.3 Å². The normalized spacial score (nSPS) is 12.8. The van der Waals surface area contributed by atoms with Crippen molar-refractivity contribution >= 4 is 37.9 Å². The molecule has 3 nitrogen and oxygen atoms in total. The molecule has 0 fully saturated rings. The number of hydrogen-bond donors (Lipinski definition) is 0. The summed E-state index contributed by atoms with van der Waals surface area (Å²) >= 11 is 0. The Morgan fingerprint density at radius 3 is 1.05 bits per heavy atom. The fourth-order valence-corrected chi connectivity index (χ4v) is 8.49. The smallest absolute Gasteiger partial charge is 0.195 e. The highest BCUT2D eigenvalue weighted by Gasteiger charge is 2.38. The SMILES string of the molecule is FC(F)(F)c1ccc([B-](c2ccc(C(F)(F)F)cc2)(c2ccc(C(F)(F)F)cc2)c2ccc(C(F)(F)F)cc2)cc1.N#CC(C#N)=CC[S+](=O)(C#Cc1ccccc1)c1ccccc1. The number of halogens is 12. The second kappa shape index (κ2) is 19.2. The zero-order valence-corrected chi connectivity index (χ0v) is 33.4. The van der Waals surface area contributed by atoms with Crippen LogP contribution in [-0.2, 0) is 38.8 Å². The van der Waals surface area contributed by atoms with Crippen LogP contribution in [0.2, 0.25) is 0 Å². The van der Waals surface area contributed by atoms with Gasteiger partial charge in [0, 0.05) is 5.56 Å². The third kappa shape index (κ3) is 11.3. The van der Waals surface area contributed by atoms with E-state index in [0.717, 1.165) is 54.1 Å². The van der Waals surface area contributed by atoms with Crippen molar-refractivity contribution < 1.29 is 56.9 Å². The van der Waals surface area contributed by atoms with E-state index in [0.29, 0.717) is 53.4 Å². The lowest BCUT2D eigenvalue weighted by molar-refractivity contribution is -0.138. The van der Waals surface area contributed by atoms with Crippen molar-refractivity contribution in [2.75, 3.05) is 5.75 Å². The molecule has 0 aliphatic carbocycles. The number of hydrogen-bond acceptors (Lipinski definition) is 3. The van der Waals surface area contributed by atoms with Gasteiger partial charge in [-0.2, -0.15) is 85.1 Å². The Morgan fingerprint density at radius 1 is 0.469 bits per heavy atom. The molecule has 0 aliphatic heterocycles. The lowest BCUT2D eigenvalue weighted by Gasteiger charge is -2.44. The fourth-order valence-electron chi connectivity index (χ4n) is 6.81. The van der Waals surface area contributed by atoms with E-state index in [1.807, 2.05) is 36.4 Å². The Hall–Kier alpha value is -7.03. The number of alkyl halides is 12. The number of rotatable bonds is 7. The maximum atomic E-state index is 13.3. The zero-order chi connectivity index (χ0) is 47.0. The molecule has 64 heavy (non-hydrogen) atoms. The Balaban J connectivity index is 0.000000283. The van der Waals surface area contributed by atoms with E-state index in [-0.39, 0.29) is 33.2 Å². The molecule has 0 saturated heterocycles. The van der Waals surface area contributed by atoms with Gasteiger partial charge in [0.2, 0.25) is 0 Å². The van der Waals surface area contributed by atoms with Crippen molar-refractivity contribution in [1.29, 1.82) is 10.5 Å². The number of allylic oxidation sites excluding steroid dienone is 1. The number of benzene rings is 6. The van der Waals surface area contributed by atoms with Crippen LogP contribution < -0.4 is 21.9 Å². The molecule has 0 radical (unpaired) electrons. The molecule has 6 aromatic carbocycles. The quantitative estimate of drug-likeness (QED) is 0.0527. The lowest BCUT2D eigenvalue weighted by Crippen LogP contribution is -2.74. The van der Waals surface area contributed by atoms with Crippen molar-refractivity contribution in [2.45, 2.75) is 29.6 Å². The highest BCUT2D eigenvalue weighted by atomic mass is 32.2. The first-order valence-electron chi connectivity index (χ1n) is 18.5. The third-order valence-corrected chi connectivity index (χ3v) is 12.1. The molecule has 6 rings (SSSR count). The van der Waals surface area contributed by atoms with Crippen LogP contribution in [0.3, 0.4) is 0 Å². The Bertz CT molecular complexity index is 2510. The van der Waals surface area contributed by atoms with Crippen LogP contribution >= 0.6 is 0 Å². The predicted octanol–water partition coefficient (Wildman–Crippen LogP) is 10.7. The summed E-state index contributed by atoms with van der Waals surface area (Å²) in [5.41, 5.74) is -3.59. The lowest BCUT2D eigenvalue weighted by atomic mass is 9.13. The molecular formula is C47H29BF12N2OS. The van der Waals surface area contributed by atoms with Gasteiger partial charge in [-0.3, -0.25) is 0 Å². The van der Waals surface area contributed by atoms with Gasteiger partial charge in [-0.25, -0.2) is 0 Å². The van der Waals surface area contributed by atoms with Gasteiger partial charge in [-0.1, -0.05) is 138 Å². The van der Waals surface area contributed by atoms with E-state index in [4.69, 9.17) is 10.5 Å². The first kappa shape index (κ1) is 48.0. The summed E-state index contributed by atoms with van der Waals surface area (Å²) in [7, 11) is -2.72. The molecule has 1 atom stereocenters. The van der Waals surface area contributed by atoms with E-state index >= 15 is 0 Å². The highest BCUT2D eigenvalue weighted by molar-refractivity contribution is 8.07. The monoisotopic (exact) mass is 908 g/mol. The van der Waals surface area contributed by atoms with Gasteiger partial charge in [0.1, 0.15) is 23.9 Å². The number of nitriles is 2. The van der Waals surface area contributed by atoms with E-state index < -0.39 is 63.0 Å². The van der Waals surface area contributed by atoms with E-state index in [1.165, 1.54) is 6.08 Å². The summed E-state index contributed by atoms with van der Waals surface area (Å²) in [6.45, 7) is 0. The van der Waals surface area contributed by atoms with Crippen molar-refractivity contribution in [2.24, 2.45) is 0 Å². The molecule has 0 spiro atoms. The molecule has 0 bridgehead atoms. The Kier molecular flexibility index (Phi) is 14.4. The summed E-state index contributed by atoms with van der Waals surface area (Å²) in [5.74, 6) is 2.96. The molecule has 0 amide bonds. The standard InChI is InChI=1S/C28H16BF12.C19H13N2OS/c30-25(31,32)17-1-9-21(10-2-17)29(22-11-3-18(4-12-22)26(33,34)35,23-13-5-19(6-14-23)27(36,37)38)24-15-7-20(8-16-24)28(39,40)41;20-15-18(16-21)12-14-23(22,19-9-5-2-6-10-19)13-11-17-7-3-1-4-8-17/h1-16H;1-10,12H,14H2/q-1;+1. The van der Waals surface area contributed by atoms with Crippen LogP contribution in [0.4, 0.5) is 52.7 Å². The van der Waals surface area contributed by atoms with Gasteiger partial charge < -0.3 is 0 Å². The molecule has 326 valence electrons. The van der Waals surface area contributed by atoms with Crippen LogP contribution in [-0.4, -0.2) is 11.9 Å². The predicted molar refractivity (Wildman–Crippen MR) is 220 cm³/mol. The second-order valence-electron chi connectivity index (χ2n) is 13.9. The van der Waals surface area contributed by atoms with Gasteiger partial charge >= 0.3 is 24.7 Å². The van der Waals surface area contributed by atoms with E-state index in [1.54, 1.807) is 36.4 Å². The molecule has 6 aromatic rings. The number of nitrogens with zero attached hydrogens (tertiary/aromatic N) is 2. The zero-order valence-electron chi connectivity index (χ0n) is 32.6. The molecule has 0 saturated carbocycles. The van der Waals surface area contributed by atoms with E-state index in [2.05, 4.69) is 11.2 Å². The van der Waals surface area contributed by atoms with Crippen molar-refractivity contribution in [3.8, 4) is 23.3 Å². The van der Waals surface area contributed by atoms with Gasteiger partial charge in [0.05, 0.1) is 22.3 Å². The second-order valence-corrected chi connectivity index (χ2v) is 16.3. The van der Waals surface area contributed by atoms with Crippen molar-refractivity contribution in [3.05, 3.63) is 197 Å². The summed E-state index contributed by atoms with van der Waals surface area (Å²) < 4.78 is 173. The van der Waals surface area contributed by atoms with Crippen LogP contribution in [0, 0.1) is 33.8 Å². The highest BCUT2D eigenvalue weighted by Crippen LogP contribution is 2.32. The molecule has 0 aromatic heterocycles. The maximum absolute atomic E-state index is 13.3. The van der Waals surface area contributed by atoms with Crippen LogP contribution in [0.5, 0.6) is 0 Å². The molecule has 0 heterocycles. The van der Waals surface area contributed by atoms with Crippen LogP contribution in [0.1, 0.15) is 27.8 Å². The summed E-state index contributed by atoms with van der Waals surface area (Å²) in [6, 6.07) is 35.3. The molecule has 0 N–H and O–H groups in total. The van der Waals surface area contributed by atoms with Crippen LogP contribution in [0.25, 0.3) is 0 Å². The van der Waals surface area contributed by atoms with Crippen LogP contribution in [0.15, 0.2) is 174 Å². The van der Waals surface area contributed by atoms with Gasteiger partial charge in [0.15, 0.2) is 25.8 Å². The Labute approximate surface area is 360 Å². The largest absolute Gasteiger partial charge is 0.416 e. The van der Waals surface area contributed by atoms with Gasteiger partial charge in [-0.15, -0.1) is 0 Å². The molecular weight excluding hydrogens is 879 g/mol. The first-order valence-corrected chi connectivity index (χ1v) is 20.3. The topological polar surface area (TPSA) is 64.7 Å². The average Bonchev–Trinajstić information content (AvgIpc) is 3.27. The van der Waals surface area contributed by atoms with Crippen molar-refractivity contribution in [1.82, 2.24) is 0 Å².